The second-order valence-corrected chi connectivity index (χ2v) is 5.46. The van der Waals surface area contributed by atoms with E-state index in [0.717, 1.165) is 25.0 Å². The number of benzene rings is 1. The Bertz CT molecular complexity index is 578. The van der Waals surface area contributed by atoms with Crippen LogP contribution >= 0.6 is 0 Å². The van der Waals surface area contributed by atoms with Gasteiger partial charge in [-0.05, 0) is 36.5 Å². The van der Waals surface area contributed by atoms with Crippen LogP contribution < -0.4 is 10.5 Å². The van der Waals surface area contributed by atoms with Gasteiger partial charge in [0.1, 0.15) is 12.4 Å². The van der Waals surface area contributed by atoms with Crippen molar-refractivity contribution in [1.82, 2.24) is 9.78 Å². The maximum atomic E-state index is 6.48. The highest BCUT2D eigenvalue weighted by Crippen LogP contribution is 2.30. The molecule has 1 aromatic heterocycles. The monoisotopic (exact) mass is 257 g/mol. The average Bonchev–Trinajstić information content (AvgIpc) is 2.82. The van der Waals surface area contributed by atoms with E-state index in [1.54, 1.807) is 0 Å². The Hall–Kier alpha value is -1.81. The lowest BCUT2D eigenvalue weighted by molar-refractivity contribution is 0.182. The second kappa shape index (κ2) is 4.70. The maximum absolute atomic E-state index is 6.48. The number of fused-ring (bicyclic) bond motifs is 1. The van der Waals surface area contributed by atoms with E-state index in [0.29, 0.717) is 6.61 Å². The Labute approximate surface area is 113 Å². The van der Waals surface area contributed by atoms with Crippen LogP contribution in [0.3, 0.4) is 0 Å². The van der Waals surface area contributed by atoms with Gasteiger partial charge in [0.25, 0.3) is 0 Å². The number of para-hydroxylation sites is 1. The van der Waals surface area contributed by atoms with E-state index >= 15 is 0 Å². The maximum Gasteiger partial charge on any atom is 0.122 e. The largest absolute Gasteiger partial charge is 0.491 e. The number of rotatable bonds is 3. The van der Waals surface area contributed by atoms with Crippen LogP contribution in [-0.2, 0) is 19.9 Å². The van der Waals surface area contributed by atoms with Crippen LogP contribution in [0.4, 0.5) is 0 Å². The van der Waals surface area contributed by atoms with Crippen molar-refractivity contribution in [2.24, 2.45) is 12.8 Å². The molecule has 0 aliphatic carbocycles. The summed E-state index contributed by atoms with van der Waals surface area (Å²) in [6.07, 6.45) is 6.67. The molecule has 1 unspecified atom stereocenters. The van der Waals surface area contributed by atoms with E-state index in [9.17, 15) is 0 Å². The molecular weight excluding hydrogens is 238 g/mol. The first-order chi connectivity index (χ1) is 9.15. The van der Waals surface area contributed by atoms with Gasteiger partial charge < -0.3 is 10.5 Å². The standard InChI is InChI=1S/C15H19N3O/c1-18-10-12(9-17-18)6-7-15(16)8-13-4-2-3-5-14(13)19-11-15/h2-5,9-10H,6-8,11,16H2,1H3. The molecule has 0 fully saturated rings. The fourth-order valence-corrected chi connectivity index (χ4v) is 2.60. The molecule has 1 aliphatic rings. The zero-order valence-corrected chi connectivity index (χ0v) is 11.2. The Balaban J connectivity index is 1.68. The number of ether oxygens (including phenoxy) is 1. The third kappa shape index (κ3) is 2.63. The van der Waals surface area contributed by atoms with Crippen molar-refractivity contribution in [3.8, 4) is 5.75 Å². The van der Waals surface area contributed by atoms with Crippen molar-refractivity contribution in [2.75, 3.05) is 6.61 Å². The fraction of sp³-hybridized carbons (Fsp3) is 0.400. The van der Waals surface area contributed by atoms with E-state index < -0.39 is 0 Å². The fourth-order valence-electron chi connectivity index (χ4n) is 2.60. The molecule has 2 aromatic rings. The first kappa shape index (κ1) is 12.2. The minimum Gasteiger partial charge on any atom is -0.491 e. The van der Waals surface area contributed by atoms with Crippen molar-refractivity contribution in [3.05, 3.63) is 47.8 Å². The number of nitrogens with zero attached hydrogens (tertiary/aromatic N) is 2. The van der Waals surface area contributed by atoms with Crippen LogP contribution in [0.1, 0.15) is 17.5 Å². The van der Waals surface area contributed by atoms with Crippen molar-refractivity contribution in [3.63, 3.8) is 0 Å². The van der Waals surface area contributed by atoms with E-state index in [1.807, 2.05) is 42.3 Å². The minimum atomic E-state index is -0.274. The number of hydrogen-bond acceptors (Lipinski definition) is 3. The first-order valence-electron chi connectivity index (χ1n) is 6.62. The molecule has 0 saturated heterocycles. The molecule has 0 saturated carbocycles. The van der Waals surface area contributed by atoms with Gasteiger partial charge in [-0.25, -0.2) is 0 Å². The molecule has 1 aliphatic heterocycles. The highest BCUT2D eigenvalue weighted by molar-refractivity contribution is 5.37. The molecule has 4 nitrogen and oxygen atoms in total. The smallest absolute Gasteiger partial charge is 0.122 e. The molecule has 1 atom stereocenters. The summed E-state index contributed by atoms with van der Waals surface area (Å²) in [4.78, 5) is 0. The topological polar surface area (TPSA) is 53.1 Å². The van der Waals surface area contributed by atoms with Crippen molar-refractivity contribution in [1.29, 1.82) is 0 Å². The quantitative estimate of drug-likeness (QED) is 0.910. The van der Waals surface area contributed by atoms with Gasteiger partial charge in [0.15, 0.2) is 0 Å². The molecule has 0 amide bonds. The molecule has 4 heteroatoms. The normalized spacial score (nSPS) is 21.8. The van der Waals surface area contributed by atoms with Crippen LogP contribution in [0.5, 0.6) is 5.75 Å². The van der Waals surface area contributed by atoms with E-state index in [-0.39, 0.29) is 5.54 Å². The van der Waals surface area contributed by atoms with Crippen LogP contribution in [0, 0.1) is 0 Å². The zero-order chi connectivity index (χ0) is 13.3. The molecule has 2 N–H and O–H groups in total. The van der Waals surface area contributed by atoms with Gasteiger partial charge in [0, 0.05) is 13.2 Å². The zero-order valence-electron chi connectivity index (χ0n) is 11.2. The van der Waals surface area contributed by atoms with Crippen LogP contribution in [0.25, 0.3) is 0 Å². The van der Waals surface area contributed by atoms with Gasteiger partial charge in [-0.2, -0.15) is 5.10 Å². The van der Waals surface area contributed by atoms with E-state index in [2.05, 4.69) is 11.2 Å². The summed E-state index contributed by atoms with van der Waals surface area (Å²) in [5.74, 6) is 0.977. The number of hydrogen-bond donors (Lipinski definition) is 1. The lowest BCUT2D eigenvalue weighted by Gasteiger charge is -2.34. The van der Waals surface area contributed by atoms with Crippen molar-refractivity contribution in [2.45, 2.75) is 24.8 Å². The van der Waals surface area contributed by atoms with Crippen molar-refractivity contribution < 1.29 is 4.74 Å². The van der Waals surface area contributed by atoms with E-state index in [4.69, 9.17) is 10.5 Å². The van der Waals surface area contributed by atoms with Gasteiger partial charge in [-0.1, -0.05) is 18.2 Å². The average molecular weight is 257 g/mol. The summed E-state index contributed by atoms with van der Waals surface area (Å²) in [6.45, 7) is 0.588. The van der Waals surface area contributed by atoms with Gasteiger partial charge in [0.05, 0.1) is 11.7 Å². The SMILES string of the molecule is Cn1cc(CCC2(N)COc3ccccc3C2)cn1. The summed E-state index contributed by atoms with van der Waals surface area (Å²) in [5, 5.41) is 4.18. The summed E-state index contributed by atoms with van der Waals surface area (Å²) in [5.41, 5.74) is 8.64. The number of nitrogens with two attached hydrogens (primary N) is 1. The Morgan fingerprint density at radius 3 is 3.05 bits per heavy atom. The lowest BCUT2D eigenvalue weighted by atomic mass is 9.85. The lowest BCUT2D eigenvalue weighted by Crippen LogP contribution is -2.50. The summed E-state index contributed by atoms with van der Waals surface area (Å²) < 4.78 is 7.61. The predicted octanol–water partition coefficient (Wildman–Crippen LogP) is 1.69. The van der Waals surface area contributed by atoms with Crippen LogP contribution in [-0.4, -0.2) is 21.9 Å². The van der Waals surface area contributed by atoms with E-state index in [1.165, 1.54) is 11.1 Å². The Kier molecular flexibility index (Phi) is 3.03. The van der Waals surface area contributed by atoms with Crippen LogP contribution in [0.2, 0.25) is 0 Å². The molecule has 0 spiro atoms. The number of aryl methyl sites for hydroxylation is 2. The Morgan fingerprint density at radius 2 is 2.26 bits per heavy atom. The van der Waals surface area contributed by atoms with Gasteiger partial charge >= 0.3 is 0 Å². The molecule has 19 heavy (non-hydrogen) atoms. The van der Waals surface area contributed by atoms with Crippen molar-refractivity contribution >= 4 is 0 Å². The molecule has 2 heterocycles. The molecular formula is C15H19N3O. The second-order valence-electron chi connectivity index (χ2n) is 5.46. The third-order valence-electron chi connectivity index (χ3n) is 3.70. The third-order valence-corrected chi connectivity index (χ3v) is 3.70. The summed E-state index contributed by atoms with van der Waals surface area (Å²) >= 11 is 0. The van der Waals surface area contributed by atoms with Gasteiger partial charge in [0.2, 0.25) is 0 Å². The van der Waals surface area contributed by atoms with Gasteiger partial charge in [-0.15, -0.1) is 0 Å². The molecule has 100 valence electrons. The molecule has 0 bridgehead atoms. The minimum absolute atomic E-state index is 0.274. The van der Waals surface area contributed by atoms with Gasteiger partial charge in [-0.3, -0.25) is 4.68 Å². The van der Waals surface area contributed by atoms with Crippen LogP contribution in [0.15, 0.2) is 36.7 Å². The summed E-state index contributed by atoms with van der Waals surface area (Å²) in [7, 11) is 1.93. The molecule has 3 rings (SSSR count). The Morgan fingerprint density at radius 1 is 1.42 bits per heavy atom. The molecule has 1 aromatic carbocycles. The first-order valence-corrected chi connectivity index (χ1v) is 6.62. The number of aromatic nitrogens is 2. The summed E-state index contributed by atoms with van der Waals surface area (Å²) in [6, 6.07) is 8.14. The highest BCUT2D eigenvalue weighted by Gasteiger charge is 2.31. The molecule has 0 radical (unpaired) electrons. The highest BCUT2D eigenvalue weighted by atomic mass is 16.5. The predicted molar refractivity (Wildman–Crippen MR) is 74.1 cm³/mol.